The molecule has 130 valence electrons. The van der Waals surface area contributed by atoms with Crippen molar-refractivity contribution >= 4 is 29.1 Å². The third-order valence-electron chi connectivity index (χ3n) is 2.98. The van der Waals surface area contributed by atoms with Crippen molar-refractivity contribution < 1.29 is 19.1 Å². The Hall–Kier alpha value is -2.74. The van der Waals surface area contributed by atoms with Crippen LogP contribution in [0.5, 0.6) is 0 Å². The summed E-state index contributed by atoms with van der Waals surface area (Å²) in [6.45, 7) is 4.00. The van der Waals surface area contributed by atoms with Gasteiger partial charge < -0.3 is 15.4 Å². The molecule has 3 amide bonds. The van der Waals surface area contributed by atoms with Gasteiger partial charge in [0.05, 0.1) is 13.0 Å². The number of aryl methyl sites for hydroxylation is 1. The van der Waals surface area contributed by atoms with Gasteiger partial charge in [0, 0.05) is 25.1 Å². The highest BCUT2D eigenvalue weighted by Gasteiger charge is 2.12. The maximum absolute atomic E-state index is 11.9. The van der Waals surface area contributed by atoms with E-state index in [9.17, 15) is 14.4 Å². The Morgan fingerprint density at radius 1 is 1.17 bits per heavy atom. The summed E-state index contributed by atoms with van der Waals surface area (Å²) in [4.78, 5) is 34.8. The van der Waals surface area contributed by atoms with Gasteiger partial charge in [0.15, 0.2) is 0 Å². The zero-order chi connectivity index (χ0) is 17.9. The molecule has 24 heavy (non-hydrogen) atoms. The fraction of sp³-hybridized carbons (Fsp3) is 0.375. The van der Waals surface area contributed by atoms with E-state index >= 15 is 0 Å². The summed E-state index contributed by atoms with van der Waals surface area (Å²) in [5, 5.41) is 8.86. The fourth-order valence-electron chi connectivity index (χ4n) is 1.72. The summed E-state index contributed by atoms with van der Waals surface area (Å²) in [7, 11) is 1.49. The van der Waals surface area contributed by atoms with Crippen molar-refractivity contribution in [2.45, 2.75) is 20.3 Å². The first-order valence-corrected chi connectivity index (χ1v) is 7.39. The summed E-state index contributed by atoms with van der Waals surface area (Å²) >= 11 is 0. The number of benzene rings is 1. The van der Waals surface area contributed by atoms with Crippen LogP contribution in [-0.2, 0) is 19.1 Å². The standard InChI is InChI=1S/C16H22N4O4/c1-11-6-4-5-7-13(11)18-14(21)10-12(2)19-20-16(23)15(22)17-8-9-24-3/h4-7H,8-10H2,1-3H3,(H,17,22)(H,18,21)(H,20,23)/b19-12+. The third kappa shape index (κ3) is 7.01. The minimum Gasteiger partial charge on any atom is -0.383 e. The van der Waals surface area contributed by atoms with Gasteiger partial charge in [0.2, 0.25) is 5.91 Å². The molecule has 1 aromatic rings. The van der Waals surface area contributed by atoms with Crippen LogP contribution < -0.4 is 16.1 Å². The predicted octanol–water partition coefficient (Wildman–Crippen LogP) is 0.578. The van der Waals surface area contributed by atoms with Crippen LogP contribution in [0.1, 0.15) is 18.9 Å². The molecule has 1 rings (SSSR count). The molecule has 8 heteroatoms. The van der Waals surface area contributed by atoms with E-state index in [0.29, 0.717) is 12.3 Å². The number of methoxy groups -OCH3 is 1. The van der Waals surface area contributed by atoms with E-state index in [2.05, 4.69) is 21.2 Å². The van der Waals surface area contributed by atoms with Gasteiger partial charge in [0.1, 0.15) is 0 Å². The Bertz CT molecular complexity index is 628. The van der Waals surface area contributed by atoms with Crippen molar-refractivity contribution in [3.63, 3.8) is 0 Å². The van der Waals surface area contributed by atoms with E-state index < -0.39 is 11.8 Å². The summed E-state index contributed by atoms with van der Waals surface area (Å²) < 4.78 is 4.75. The molecule has 0 aliphatic heterocycles. The molecule has 0 heterocycles. The number of carbonyl (C=O) groups is 3. The van der Waals surface area contributed by atoms with Crippen molar-refractivity contribution in [3.8, 4) is 0 Å². The van der Waals surface area contributed by atoms with Crippen LogP contribution in [0.3, 0.4) is 0 Å². The van der Waals surface area contributed by atoms with Gasteiger partial charge in [-0.1, -0.05) is 18.2 Å². The highest BCUT2D eigenvalue weighted by atomic mass is 16.5. The van der Waals surface area contributed by atoms with Crippen molar-refractivity contribution in [3.05, 3.63) is 29.8 Å². The normalized spacial score (nSPS) is 10.9. The second kappa shape index (κ2) is 10.1. The molecular weight excluding hydrogens is 312 g/mol. The Labute approximate surface area is 140 Å². The molecule has 0 spiro atoms. The van der Waals surface area contributed by atoms with Crippen LogP contribution in [0.25, 0.3) is 0 Å². The molecule has 0 aliphatic carbocycles. The second-order valence-corrected chi connectivity index (χ2v) is 5.08. The number of nitrogens with zero attached hydrogens (tertiary/aromatic N) is 1. The Balaban J connectivity index is 2.43. The summed E-state index contributed by atoms with van der Waals surface area (Å²) in [6, 6.07) is 7.39. The molecule has 0 bridgehead atoms. The van der Waals surface area contributed by atoms with E-state index in [1.807, 2.05) is 25.1 Å². The van der Waals surface area contributed by atoms with Gasteiger partial charge in [-0.25, -0.2) is 5.43 Å². The van der Waals surface area contributed by atoms with E-state index in [4.69, 9.17) is 4.74 Å². The molecule has 0 radical (unpaired) electrons. The lowest BCUT2D eigenvalue weighted by atomic mass is 10.2. The Morgan fingerprint density at radius 3 is 2.54 bits per heavy atom. The van der Waals surface area contributed by atoms with E-state index in [1.165, 1.54) is 7.11 Å². The maximum Gasteiger partial charge on any atom is 0.329 e. The highest BCUT2D eigenvalue weighted by Crippen LogP contribution is 2.13. The molecule has 0 fully saturated rings. The lowest BCUT2D eigenvalue weighted by Gasteiger charge is -2.08. The quantitative estimate of drug-likeness (QED) is 0.293. The van der Waals surface area contributed by atoms with E-state index in [0.717, 1.165) is 11.3 Å². The molecule has 0 aromatic heterocycles. The number of amides is 3. The van der Waals surface area contributed by atoms with Gasteiger partial charge in [0.25, 0.3) is 0 Å². The number of para-hydroxylation sites is 1. The number of hydrogen-bond acceptors (Lipinski definition) is 5. The van der Waals surface area contributed by atoms with Gasteiger partial charge >= 0.3 is 11.8 Å². The number of ether oxygens (including phenoxy) is 1. The Kier molecular flexibility index (Phi) is 8.14. The summed E-state index contributed by atoms with van der Waals surface area (Å²) in [6.07, 6.45) is -0.0000912. The first-order chi connectivity index (χ1) is 11.4. The third-order valence-corrected chi connectivity index (χ3v) is 2.98. The Morgan fingerprint density at radius 2 is 1.88 bits per heavy atom. The first-order valence-electron chi connectivity index (χ1n) is 7.39. The largest absolute Gasteiger partial charge is 0.383 e. The van der Waals surface area contributed by atoms with Gasteiger partial charge in [-0.05, 0) is 25.5 Å². The fourth-order valence-corrected chi connectivity index (χ4v) is 1.72. The zero-order valence-corrected chi connectivity index (χ0v) is 14.0. The first kappa shape index (κ1) is 19.3. The lowest BCUT2D eigenvalue weighted by molar-refractivity contribution is -0.139. The topological polar surface area (TPSA) is 109 Å². The van der Waals surface area contributed by atoms with E-state index in [1.54, 1.807) is 13.0 Å². The van der Waals surface area contributed by atoms with Crippen LogP contribution in [-0.4, -0.2) is 43.7 Å². The van der Waals surface area contributed by atoms with Gasteiger partial charge in [-0.15, -0.1) is 0 Å². The average molecular weight is 334 g/mol. The average Bonchev–Trinajstić information content (AvgIpc) is 2.54. The van der Waals surface area contributed by atoms with Crippen LogP contribution in [0.2, 0.25) is 0 Å². The van der Waals surface area contributed by atoms with Gasteiger partial charge in [-0.3, -0.25) is 14.4 Å². The van der Waals surface area contributed by atoms with Crippen LogP contribution in [0, 0.1) is 6.92 Å². The number of anilines is 1. The second-order valence-electron chi connectivity index (χ2n) is 5.08. The molecule has 0 unspecified atom stereocenters. The number of hydrazone groups is 1. The summed E-state index contributed by atoms with van der Waals surface area (Å²) in [5.41, 5.74) is 4.15. The van der Waals surface area contributed by atoms with Gasteiger partial charge in [-0.2, -0.15) is 5.10 Å². The number of hydrogen-bond donors (Lipinski definition) is 3. The molecule has 0 atom stereocenters. The predicted molar refractivity (Wildman–Crippen MR) is 90.6 cm³/mol. The van der Waals surface area contributed by atoms with Crippen LogP contribution in [0.4, 0.5) is 5.69 Å². The smallest absolute Gasteiger partial charge is 0.329 e. The van der Waals surface area contributed by atoms with Crippen molar-refractivity contribution in [1.29, 1.82) is 0 Å². The number of nitrogens with one attached hydrogen (secondary N) is 3. The monoisotopic (exact) mass is 334 g/mol. The van der Waals surface area contributed by atoms with E-state index in [-0.39, 0.29) is 18.9 Å². The maximum atomic E-state index is 11.9. The number of carbonyl (C=O) groups excluding carboxylic acids is 3. The van der Waals surface area contributed by atoms with Crippen molar-refractivity contribution in [1.82, 2.24) is 10.7 Å². The highest BCUT2D eigenvalue weighted by molar-refractivity contribution is 6.35. The molecule has 3 N–H and O–H groups in total. The molecule has 1 aromatic carbocycles. The SMILES string of the molecule is COCCNC(=O)C(=O)N/N=C(\C)CC(=O)Nc1ccccc1C. The van der Waals surface area contributed by atoms with Crippen LogP contribution >= 0.6 is 0 Å². The minimum atomic E-state index is -0.898. The molecule has 0 saturated carbocycles. The molecule has 8 nitrogen and oxygen atoms in total. The molecule has 0 saturated heterocycles. The lowest BCUT2D eigenvalue weighted by Crippen LogP contribution is -2.39. The van der Waals surface area contributed by atoms with Crippen LogP contribution in [0.15, 0.2) is 29.4 Å². The summed E-state index contributed by atoms with van der Waals surface area (Å²) in [5.74, 6) is -1.97. The molecular formula is C16H22N4O4. The van der Waals surface area contributed by atoms with Crippen molar-refractivity contribution in [2.24, 2.45) is 5.10 Å². The molecule has 0 aliphatic rings. The number of rotatable bonds is 7. The zero-order valence-electron chi connectivity index (χ0n) is 14.0. The minimum absolute atomic E-state index is 0.0000912. The van der Waals surface area contributed by atoms with Crippen molar-refractivity contribution in [2.75, 3.05) is 25.6 Å².